The molecule has 2 aromatic rings. The van der Waals surface area contributed by atoms with Crippen molar-refractivity contribution in [3.63, 3.8) is 0 Å². The van der Waals surface area contributed by atoms with Crippen molar-refractivity contribution in [3.05, 3.63) is 24.2 Å². The van der Waals surface area contributed by atoms with Crippen LogP contribution in [-0.4, -0.2) is 61.6 Å². The quantitative estimate of drug-likeness (QED) is 0.600. The minimum Gasteiger partial charge on any atom is -0.457 e. The Morgan fingerprint density at radius 2 is 2.18 bits per heavy atom. The largest absolute Gasteiger partial charge is 0.457 e. The van der Waals surface area contributed by atoms with Crippen molar-refractivity contribution in [2.75, 3.05) is 11.9 Å². The van der Waals surface area contributed by atoms with Crippen LogP contribution in [0.2, 0.25) is 0 Å². The Morgan fingerprint density at radius 1 is 1.43 bits per heavy atom. The van der Waals surface area contributed by atoms with Crippen LogP contribution >= 0.6 is 0 Å². The minimum absolute atomic E-state index is 0.163. The van der Waals surface area contributed by atoms with Gasteiger partial charge in [0, 0.05) is 13.3 Å². The van der Waals surface area contributed by atoms with Crippen LogP contribution in [0.1, 0.15) is 39.3 Å². The standard InChI is InChI=1S/C18H24N4O6/c1-4-5-14(25)21-17-11-6-7-13(22(11)20-9-19-17)18(3)16(26)15(27-10(2)24)12(8-23)28-18/h6-7,9,12,15-16,23,26H,4-5,8H2,1-3H3,(H,19,20,21,25)/t12-,15-,16-,18+/m1/s1. The average Bonchev–Trinajstić information content (AvgIpc) is 3.18. The number of nitrogens with zero attached hydrogens (tertiary/aromatic N) is 3. The van der Waals surface area contributed by atoms with Crippen molar-refractivity contribution in [1.82, 2.24) is 14.6 Å². The van der Waals surface area contributed by atoms with Gasteiger partial charge in [0.25, 0.3) is 0 Å². The molecule has 0 unspecified atom stereocenters. The van der Waals surface area contributed by atoms with E-state index < -0.39 is 36.5 Å². The van der Waals surface area contributed by atoms with Gasteiger partial charge in [0.2, 0.25) is 5.91 Å². The van der Waals surface area contributed by atoms with E-state index in [9.17, 15) is 19.8 Å². The molecule has 0 radical (unpaired) electrons. The number of ether oxygens (including phenoxy) is 2. The predicted molar refractivity (Wildman–Crippen MR) is 97.4 cm³/mol. The number of hydrogen-bond donors (Lipinski definition) is 3. The van der Waals surface area contributed by atoms with Crippen molar-refractivity contribution in [1.29, 1.82) is 0 Å². The third-order valence-corrected chi connectivity index (χ3v) is 4.82. The summed E-state index contributed by atoms with van der Waals surface area (Å²) >= 11 is 0. The summed E-state index contributed by atoms with van der Waals surface area (Å²) in [6.07, 6.45) is -0.790. The van der Waals surface area contributed by atoms with E-state index >= 15 is 0 Å². The Bertz CT molecular complexity index is 884. The molecule has 0 spiro atoms. The van der Waals surface area contributed by atoms with E-state index in [1.54, 1.807) is 19.1 Å². The van der Waals surface area contributed by atoms with Gasteiger partial charge >= 0.3 is 5.97 Å². The number of aliphatic hydroxyl groups excluding tert-OH is 2. The second kappa shape index (κ2) is 7.82. The predicted octanol–water partition coefficient (Wildman–Crippen LogP) is 0.367. The SMILES string of the molecule is CCCC(=O)Nc1ncnn2c([C@]3(C)O[C@H](CO)[C@@H](OC(C)=O)[C@H]3O)ccc12. The van der Waals surface area contributed by atoms with Crippen LogP contribution in [0.3, 0.4) is 0 Å². The van der Waals surface area contributed by atoms with Crippen LogP contribution in [0.25, 0.3) is 5.52 Å². The van der Waals surface area contributed by atoms with Gasteiger partial charge in [-0.05, 0) is 25.5 Å². The number of esters is 1. The molecule has 4 atom stereocenters. The van der Waals surface area contributed by atoms with Crippen molar-refractivity contribution < 1.29 is 29.3 Å². The van der Waals surface area contributed by atoms with Gasteiger partial charge in [0.1, 0.15) is 29.7 Å². The molecule has 28 heavy (non-hydrogen) atoms. The zero-order chi connectivity index (χ0) is 20.5. The maximum absolute atomic E-state index is 11.9. The average molecular weight is 392 g/mol. The number of amides is 1. The Hall–Kier alpha value is -2.56. The molecule has 0 bridgehead atoms. The van der Waals surface area contributed by atoms with Crippen molar-refractivity contribution in [2.24, 2.45) is 0 Å². The lowest BCUT2D eigenvalue weighted by Gasteiger charge is -2.27. The Labute approximate surface area is 161 Å². The number of hydrogen-bond acceptors (Lipinski definition) is 8. The fourth-order valence-electron chi connectivity index (χ4n) is 3.48. The summed E-state index contributed by atoms with van der Waals surface area (Å²) in [4.78, 5) is 27.4. The van der Waals surface area contributed by atoms with Crippen LogP contribution < -0.4 is 5.32 Å². The van der Waals surface area contributed by atoms with Gasteiger partial charge < -0.3 is 25.0 Å². The number of carbonyl (C=O) groups is 2. The molecule has 10 nitrogen and oxygen atoms in total. The molecule has 1 fully saturated rings. The summed E-state index contributed by atoms with van der Waals surface area (Å²) in [6, 6.07) is 3.39. The number of nitrogens with one attached hydrogen (secondary N) is 1. The molecule has 3 N–H and O–H groups in total. The van der Waals surface area contributed by atoms with E-state index in [-0.39, 0.29) is 5.91 Å². The van der Waals surface area contributed by atoms with Gasteiger partial charge in [-0.25, -0.2) is 9.50 Å². The summed E-state index contributed by atoms with van der Waals surface area (Å²) in [5, 5.41) is 27.4. The maximum atomic E-state index is 11.9. The van der Waals surface area contributed by atoms with Gasteiger partial charge in [0.15, 0.2) is 11.9 Å². The summed E-state index contributed by atoms with van der Waals surface area (Å²) in [5.41, 5.74) is -0.314. The summed E-state index contributed by atoms with van der Waals surface area (Å²) in [7, 11) is 0. The highest BCUT2D eigenvalue weighted by atomic mass is 16.6. The Kier molecular flexibility index (Phi) is 5.64. The number of carbonyl (C=O) groups excluding carboxylic acids is 2. The van der Waals surface area contributed by atoms with E-state index in [1.165, 1.54) is 17.8 Å². The lowest BCUT2D eigenvalue weighted by Crippen LogP contribution is -2.41. The smallest absolute Gasteiger partial charge is 0.303 e. The molecule has 1 saturated heterocycles. The molecule has 2 aromatic heterocycles. The second-order valence-electron chi connectivity index (χ2n) is 6.89. The number of aromatic nitrogens is 3. The van der Waals surface area contributed by atoms with E-state index in [0.29, 0.717) is 29.9 Å². The molecule has 1 amide bonds. The maximum Gasteiger partial charge on any atom is 0.303 e. The second-order valence-corrected chi connectivity index (χ2v) is 6.89. The fraction of sp³-hybridized carbons (Fsp3) is 0.556. The zero-order valence-corrected chi connectivity index (χ0v) is 16.0. The van der Waals surface area contributed by atoms with Crippen molar-refractivity contribution in [3.8, 4) is 0 Å². The highest BCUT2D eigenvalue weighted by Crippen LogP contribution is 2.41. The lowest BCUT2D eigenvalue weighted by atomic mass is 9.93. The zero-order valence-electron chi connectivity index (χ0n) is 16.0. The molecule has 152 valence electrons. The van der Waals surface area contributed by atoms with E-state index in [4.69, 9.17) is 9.47 Å². The fourth-order valence-corrected chi connectivity index (χ4v) is 3.48. The first kappa shape index (κ1) is 20.2. The third-order valence-electron chi connectivity index (χ3n) is 4.82. The molecule has 3 rings (SSSR count). The first-order chi connectivity index (χ1) is 13.3. The monoisotopic (exact) mass is 392 g/mol. The molecule has 10 heteroatoms. The van der Waals surface area contributed by atoms with Crippen LogP contribution in [0.15, 0.2) is 18.5 Å². The molecular weight excluding hydrogens is 368 g/mol. The number of aliphatic hydroxyl groups is 2. The van der Waals surface area contributed by atoms with Crippen molar-refractivity contribution >= 4 is 23.2 Å². The molecular formula is C18H24N4O6. The first-order valence-corrected chi connectivity index (χ1v) is 9.08. The van der Waals surface area contributed by atoms with Crippen LogP contribution in [0.4, 0.5) is 5.82 Å². The minimum atomic E-state index is -1.31. The summed E-state index contributed by atoms with van der Waals surface area (Å²) < 4.78 is 12.6. The Balaban J connectivity index is 1.99. The molecule has 3 heterocycles. The molecule has 0 aliphatic carbocycles. The molecule has 0 aromatic carbocycles. The lowest BCUT2D eigenvalue weighted by molar-refractivity contribution is -0.153. The number of anilines is 1. The first-order valence-electron chi connectivity index (χ1n) is 9.08. The molecule has 1 aliphatic rings. The van der Waals surface area contributed by atoms with Crippen LogP contribution in [0.5, 0.6) is 0 Å². The van der Waals surface area contributed by atoms with E-state index in [0.717, 1.165) is 0 Å². The Morgan fingerprint density at radius 3 is 2.82 bits per heavy atom. The number of fused-ring (bicyclic) bond motifs is 1. The number of rotatable bonds is 6. The normalized spacial score (nSPS) is 27.1. The van der Waals surface area contributed by atoms with Gasteiger partial charge in [-0.3, -0.25) is 9.59 Å². The summed E-state index contributed by atoms with van der Waals surface area (Å²) in [6.45, 7) is 4.33. The van der Waals surface area contributed by atoms with E-state index in [2.05, 4.69) is 15.4 Å². The highest BCUT2D eigenvalue weighted by Gasteiger charge is 2.55. The highest BCUT2D eigenvalue weighted by molar-refractivity contribution is 5.93. The van der Waals surface area contributed by atoms with Gasteiger partial charge in [-0.1, -0.05) is 6.92 Å². The van der Waals surface area contributed by atoms with Crippen LogP contribution in [0, 0.1) is 0 Å². The molecule has 0 saturated carbocycles. The molecule has 1 aliphatic heterocycles. The van der Waals surface area contributed by atoms with Gasteiger partial charge in [-0.15, -0.1) is 0 Å². The van der Waals surface area contributed by atoms with Gasteiger partial charge in [0.05, 0.1) is 12.3 Å². The third kappa shape index (κ3) is 3.46. The van der Waals surface area contributed by atoms with Gasteiger partial charge in [-0.2, -0.15) is 5.10 Å². The van der Waals surface area contributed by atoms with Crippen LogP contribution in [-0.2, 0) is 24.7 Å². The summed E-state index contributed by atoms with van der Waals surface area (Å²) in [5.74, 6) is -0.408. The topological polar surface area (TPSA) is 135 Å². The van der Waals surface area contributed by atoms with Crippen molar-refractivity contribution in [2.45, 2.75) is 57.5 Å². The van der Waals surface area contributed by atoms with E-state index in [1.807, 2.05) is 6.92 Å².